The van der Waals surface area contributed by atoms with Crippen LogP contribution in [0.15, 0.2) is 54.9 Å². The van der Waals surface area contributed by atoms with Gasteiger partial charge in [-0.15, -0.1) is 0 Å². The molecule has 136 valence electrons. The fourth-order valence-electron chi connectivity index (χ4n) is 3.27. The van der Waals surface area contributed by atoms with Crippen molar-refractivity contribution < 1.29 is 9.59 Å². The maximum Gasteiger partial charge on any atom is 0.224 e. The summed E-state index contributed by atoms with van der Waals surface area (Å²) in [4.78, 5) is 30.5. The predicted octanol–water partition coefficient (Wildman–Crippen LogP) is 2.22. The summed E-state index contributed by atoms with van der Waals surface area (Å²) in [5.41, 5.74) is 2.32. The molecule has 2 heterocycles. The van der Waals surface area contributed by atoms with Gasteiger partial charge in [-0.3, -0.25) is 14.6 Å². The third kappa shape index (κ3) is 5.15. The molecule has 1 saturated heterocycles. The molecule has 1 fully saturated rings. The highest BCUT2D eigenvalue weighted by atomic mass is 16.2. The third-order valence-corrected chi connectivity index (χ3v) is 4.82. The number of benzene rings is 1. The Labute approximate surface area is 154 Å². The highest BCUT2D eigenvalue weighted by Crippen LogP contribution is 2.18. The van der Waals surface area contributed by atoms with E-state index in [1.165, 1.54) is 5.56 Å². The smallest absolute Gasteiger partial charge is 0.224 e. The van der Waals surface area contributed by atoms with Gasteiger partial charge in [0.1, 0.15) is 0 Å². The molecule has 2 amide bonds. The van der Waals surface area contributed by atoms with Gasteiger partial charge in [-0.2, -0.15) is 0 Å². The van der Waals surface area contributed by atoms with Crippen molar-refractivity contribution in [1.82, 2.24) is 15.2 Å². The fraction of sp³-hybridized carbons (Fsp3) is 0.381. The summed E-state index contributed by atoms with van der Waals surface area (Å²) < 4.78 is 0. The van der Waals surface area contributed by atoms with Crippen molar-refractivity contribution in [3.63, 3.8) is 0 Å². The number of amides is 2. The average molecular weight is 351 g/mol. The Morgan fingerprint density at radius 1 is 1.12 bits per heavy atom. The zero-order valence-electron chi connectivity index (χ0n) is 14.9. The molecule has 0 aliphatic carbocycles. The monoisotopic (exact) mass is 351 g/mol. The third-order valence-electron chi connectivity index (χ3n) is 4.82. The number of carbonyl (C=O) groups is 2. The lowest BCUT2D eigenvalue weighted by atomic mass is 9.96. The topological polar surface area (TPSA) is 62.3 Å². The normalized spacial score (nSPS) is 17.2. The first kappa shape index (κ1) is 18.1. The van der Waals surface area contributed by atoms with Crippen LogP contribution in [0.5, 0.6) is 0 Å². The Balaban J connectivity index is 1.45. The minimum absolute atomic E-state index is 0.0473. The van der Waals surface area contributed by atoms with Crippen LogP contribution in [0.3, 0.4) is 0 Å². The number of hydrogen-bond donors (Lipinski definition) is 1. The molecule has 0 spiro atoms. The SMILES string of the molecule is O=C(NCCc1cccnc1)[C@H]1CCC(=O)N(CCc2ccccc2)C1. The maximum atomic E-state index is 12.5. The lowest BCUT2D eigenvalue weighted by Crippen LogP contribution is -2.46. The molecular formula is C21H25N3O2. The van der Waals surface area contributed by atoms with E-state index < -0.39 is 0 Å². The number of hydrogen-bond acceptors (Lipinski definition) is 3. The largest absolute Gasteiger partial charge is 0.355 e. The van der Waals surface area contributed by atoms with E-state index in [2.05, 4.69) is 22.4 Å². The number of pyridine rings is 1. The van der Waals surface area contributed by atoms with Gasteiger partial charge in [-0.25, -0.2) is 0 Å². The van der Waals surface area contributed by atoms with Crippen molar-refractivity contribution in [3.8, 4) is 0 Å². The van der Waals surface area contributed by atoms with Crippen LogP contribution in [0.1, 0.15) is 24.0 Å². The molecule has 1 aromatic heterocycles. The molecule has 26 heavy (non-hydrogen) atoms. The van der Waals surface area contributed by atoms with Crippen LogP contribution in [0.2, 0.25) is 0 Å². The van der Waals surface area contributed by atoms with Crippen LogP contribution in [-0.4, -0.2) is 41.3 Å². The zero-order chi connectivity index (χ0) is 18.2. The van der Waals surface area contributed by atoms with E-state index in [0.717, 1.165) is 18.4 Å². The minimum Gasteiger partial charge on any atom is -0.355 e. The van der Waals surface area contributed by atoms with E-state index in [9.17, 15) is 9.59 Å². The molecule has 0 bridgehead atoms. The quantitative estimate of drug-likeness (QED) is 0.832. The summed E-state index contributed by atoms with van der Waals surface area (Å²) in [5.74, 6) is 0.0869. The number of piperidine rings is 1. The van der Waals surface area contributed by atoms with Crippen LogP contribution in [0.25, 0.3) is 0 Å². The number of aromatic nitrogens is 1. The second kappa shape index (κ2) is 9.13. The van der Waals surface area contributed by atoms with E-state index in [4.69, 9.17) is 0 Å². The molecule has 5 heteroatoms. The molecule has 1 atom stereocenters. The molecule has 1 aliphatic rings. The molecule has 3 rings (SSSR count). The van der Waals surface area contributed by atoms with Gasteiger partial charge in [0.25, 0.3) is 0 Å². The van der Waals surface area contributed by atoms with Gasteiger partial charge in [0.15, 0.2) is 0 Å². The summed E-state index contributed by atoms with van der Waals surface area (Å²) in [6, 6.07) is 14.0. The summed E-state index contributed by atoms with van der Waals surface area (Å²) in [6.07, 6.45) is 6.24. The molecule has 2 aromatic rings. The van der Waals surface area contributed by atoms with Crippen LogP contribution >= 0.6 is 0 Å². The first-order valence-electron chi connectivity index (χ1n) is 9.20. The Bertz CT molecular complexity index is 719. The van der Waals surface area contributed by atoms with Crippen molar-refractivity contribution in [2.45, 2.75) is 25.7 Å². The Morgan fingerprint density at radius 2 is 1.92 bits per heavy atom. The van der Waals surface area contributed by atoms with Crippen molar-refractivity contribution in [1.29, 1.82) is 0 Å². The molecule has 1 aliphatic heterocycles. The van der Waals surface area contributed by atoms with Crippen LogP contribution < -0.4 is 5.32 Å². The number of carbonyl (C=O) groups excluding carboxylic acids is 2. The fourth-order valence-corrected chi connectivity index (χ4v) is 3.27. The van der Waals surface area contributed by atoms with Crippen LogP contribution in [-0.2, 0) is 22.4 Å². The molecule has 1 aromatic carbocycles. The van der Waals surface area contributed by atoms with Crippen molar-refractivity contribution in [2.75, 3.05) is 19.6 Å². The van der Waals surface area contributed by atoms with E-state index in [-0.39, 0.29) is 17.7 Å². The second-order valence-electron chi connectivity index (χ2n) is 6.71. The molecule has 1 N–H and O–H groups in total. The molecule has 0 saturated carbocycles. The standard InChI is InChI=1S/C21H25N3O2/c25-20-9-8-19(16-24(20)14-11-17-5-2-1-3-6-17)21(26)23-13-10-18-7-4-12-22-15-18/h1-7,12,15,19H,8-11,13-14,16H2,(H,23,26)/t19-/m0/s1. The summed E-state index contributed by atoms with van der Waals surface area (Å²) in [7, 11) is 0. The summed E-state index contributed by atoms with van der Waals surface area (Å²) >= 11 is 0. The predicted molar refractivity (Wildman–Crippen MR) is 100 cm³/mol. The van der Waals surface area contributed by atoms with Gasteiger partial charge in [0.05, 0.1) is 5.92 Å². The van der Waals surface area contributed by atoms with Gasteiger partial charge >= 0.3 is 0 Å². The van der Waals surface area contributed by atoms with Gasteiger partial charge in [0, 0.05) is 38.4 Å². The minimum atomic E-state index is -0.114. The van der Waals surface area contributed by atoms with Gasteiger partial charge < -0.3 is 10.2 Å². The maximum absolute atomic E-state index is 12.5. The summed E-state index contributed by atoms with van der Waals surface area (Å²) in [5, 5.41) is 3.01. The summed E-state index contributed by atoms with van der Waals surface area (Å²) in [6.45, 7) is 1.78. The zero-order valence-corrected chi connectivity index (χ0v) is 14.9. The number of nitrogens with zero attached hydrogens (tertiary/aromatic N) is 2. The van der Waals surface area contributed by atoms with Crippen LogP contribution in [0, 0.1) is 5.92 Å². The van der Waals surface area contributed by atoms with Gasteiger partial charge in [-0.1, -0.05) is 36.4 Å². The Kier molecular flexibility index (Phi) is 6.36. The van der Waals surface area contributed by atoms with Crippen molar-refractivity contribution in [3.05, 3.63) is 66.0 Å². The number of rotatable bonds is 7. The van der Waals surface area contributed by atoms with E-state index >= 15 is 0 Å². The lowest BCUT2D eigenvalue weighted by Gasteiger charge is -2.32. The Hall–Kier alpha value is -2.69. The van der Waals surface area contributed by atoms with E-state index in [0.29, 0.717) is 32.5 Å². The van der Waals surface area contributed by atoms with Crippen LogP contribution in [0.4, 0.5) is 0 Å². The molecule has 0 unspecified atom stereocenters. The molecular weight excluding hydrogens is 326 g/mol. The molecule has 5 nitrogen and oxygen atoms in total. The van der Waals surface area contributed by atoms with Crippen molar-refractivity contribution in [2.24, 2.45) is 5.92 Å². The van der Waals surface area contributed by atoms with Gasteiger partial charge in [0.2, 0.25) is 11.8 Å². The molecule has 0 radical (unpaired) electrons. The van der Waals surface area contributed by atoms with Gasteiger partial charge in [-0.05, 0) is 36.5 Å². The lowest BCUT2D eigenvalue weighted by molar-refractivity contribution is -0.138. The first-order chi connectivity index (χ1) is 12.7. The number of nitrogens with one attached hydrogen (secondary N) is 1. The van der Waals surface area contributed by atoms with Crippen molar-refractivity contribution >= 4 is 11.8 Å². The second-order valence-corrected chi connectivity index (χ2v) is 6.71. The Morgan fingerprint density at radius 3 is 2.69 bits per heavy atom. The highest BCUT2D eigenvalue weighted by Gasteiger charge is 2.29. The van der Waals surface area contributed by atoms with E-state index in [1.807, 2.05) is 41.4 Å². The van der Waals surface area contributed by atoms with E-state index in [1.54, 1.807) is 6.20 Å². The number of likely N-dealkylation sites (tertiary alicyclic amines) is 1. The highest BCUT2D eigenvalue weighted by molar-refractivity contribution is 5.83. The average Bonchev–Trinajstić information content (AvgIpc) is 2.69. The first-order valence-corrected chi connectivity index (χ1v) is 9.20.